The van der Waals surface area contributed by atoms with Crippen molar-refractivity contribution in [1.29, 1.82) is 5.26 Å². The van der Waals surface area contributed by atoms with E-state index in [1.165, 1.54) is 12.1 Å². The average molecular weight is 433 g/mol. The van der Waals surface area contributed by atoms with Crippen molar-refractivity contribution in [2.75, 3.05) is 11.5 Å². The average Bonchev–Trinajstić information content (AvgIpc) is 2.67. The van der Waals surface area contributed by atoms with Crippen LogP contribution in [-0.2, 0) is 6.18 Å². The lowest BCUT2D eigenvalue weighted by molar-refractivity contribution is -0.387. The van der Waals surface area contributed by atoms with E-state index in [9.17, 15) is 28.5 Å². The molecule has 4 N–H and O–H groups in total. The Morgan fingerprint density at radius 2 is 1.90 bits per heavy atom. The Balaban J connectivity index is 2.02. The largest absolute Gasteiger partial charge is 0.417 e. The number of hydrogen-bond acceptors (Lipinski definition) is 9. The number of hydrogen-bond donors (Lipinski definition) is 2. The Labute approximate surface area is 170 Å². The predicted molar refractivity (Wildman–Crippen MR) is 101 cm³/mol. The van der Waals surface area contributed by atoms with Gasteiger partial charge in [0, 0.05) is 17.8 Å². The van der Waals surface area contributed by atoms with Gasteiger partial charge in [0.15, 0.2) is 0 Å². The second-order valence-electron chi connectivity index (χ2n) is 5.73. The van der Waals surface area contributed by atoms with Crippen molar-refractivity contribution in [3.05, 3.63) is 57.8 Å². The molecule has 0 saturated heterocycles. The van der Waals surface area contributed by atoms with E-state index >= 15 is 0 Å². The van der Waals surface area contributed by atoms with Crippen molar-refractivity contribution in [3.8, 4) is 17.3 Å². The molecule has 0 atom stereocenters. The minimum absolute atomic E-state index is 0.0230. The fourth-order valence-electron chi connectivity index (χ4n) is 2.43. The molecule has 0 radical (unpaired) electrons. The Kier molecular flexibility index (Phi) is 5.43. The molecule has 0 fully saturated rings. The highest BCUT2D eigenvalue weighted by Gasteiger charge is 2.30. The molecule has 2 heterocycles. The maximum absolute atomic E-state index is 12.7. The van der Waals surface area contributed by atoms with Crippen LogP contribution in [0.2, 0.25) is 0 Å². The predicted octanol–water partition coefficient (Wildman–Crippen LogP) is 3.65. The zero-order chi connectivity index (χ0) is 22.1. The van der Waals surface area contributed by atoms with E-state index < -0.39 is 16.7 Å². The maximum atomic E-state index is 12.7. The maximum Gasteiger partial charge on any atom is 0.417 e. The van der Waals surface area contributed by atoms with E-state index in [2.05, 4.69) is 15.0 Å². The van der Waals surface area contributed by atoms with Gasteiger partial charge in [0.1, 0.15) is 22.5 Å². The van der Waals surface area contributed by atoms with Crippen LogP contribution in [0.15, 0.2) is 46.5 Å². The number of alkyl halides is 3. The fraction of sp³-hybridized carbons (Fsp3) is 0.0588. The van der Waals surface area contributed by atoms with E-state index in [4.69, 9.17) is 11.5 Å². The minimum Gasteiger partial charge on any atom is -0.382 e. The van der Waals surface area contributed by atoms with Gasteiger partial charge in [0.2, 0.25) is 5.95 Å². The SMILES string of the molecule is N#Cc1c(N)nc(N)nc1-c1ccc(Sc2ccc(C(F)(F)F)cn2)c([N+](=O)[O-])c1. The van der Waals surface area contributed by atoms with Gasteiger partial charge in [-0.3, -0.25) is 10.1 Å². The number of nitriles is 1. The van der Waals surface area contributed by atoms with Crippen LogP contribution in [-0.4, -0.2) is 19.9 Å². The Hall–Kier alpha value is -3.92. The van der Waals surface area contributed by atoms with Crippen LogP contribution in [0.1, 0.15) is 11.1 Å². The van der Waals surface area contributed by atoms with Gasteiger partial charge < -0.3 is 11.5 Å². The molecule has 0 spiro atoms. The molecule has 13 heteroatoms. The number of nitrogens with two attached hydrogens (primary N) is 2. The topological polar surface area (TPSA) is 158 Å². The standard InChI is InChI=1S/C17H10F3N7O2S/c18-17(19,20)9-2-4-13(24-7-9)30-12-3-1-8(5-11(12)27(28)29)14-10(6-21)15(22)26-16(23)25-14/h1-5,7H,(H4,22,23,25,26). The summed E-state index contributed by atoms with van der Waals surface area (Å²) in [6.45, 7) is 0. The first-order valence-electron chi connectivity index (χ1n) is 7.93. The summed E-state index contributed by atoms with van der Waals surface area (Å²) in [5.74, 6) is -0.383. The number of anilines is 2. The molecule has 9 nitrogen and oxygen atoms in total. The number of nitrogens with zero attached hydrogens (tertiary/aromatic N) is 5. The van der Waals surface area contributed by atoms with Crippen LogP contribution >= 0.6 is 11.8 Å². The smallest absolute Gasteiger partial charge is 0.382 e. The number of halogens is 3. The molecule has 1 aromatic carbocycles. The van der Waals surface area contributed by atoms with Crippen LogP contribution in [0.5, 0.6) is 0 Å². The number of rotatable bonds is 4. The minimum atomic E-state index is -4.54. The fourth-order valence-corrected chi connectivity index (χ4v) is 3.27. The second-order valence-corrected chi connectivity index (χ2v) is 6.79. The molecule has 2 aromatic heterocycles. The number of nitro groups is 1. The van der Waals surface area contributed by atoms with E-state index in [-0.39, 0.29) is 44.2 Å². The zero-order valence-corrected chi connectivity index (χ0v) is 15.5. The molecule has 0 amide bonds. The number of pyridine rings is 1. The summed E-state index contributed by atoms with van der Waals surface area (Å²) in [7, 11) is 0. The van der Waals surface area contributed by atoms with Crippen molar-refractivity contribution in [1.82, 2.24) is 15.0 Å². The normalized spacial score (nSPS) is 11.1. The Bertz CT molecular complexity index is 1180. The molecule has 0 aliphatic carbocycles. The summed E-state index contributed by atoms with van der Waals surface area (Å²) in [4.78, 5) is 22.3. The van der Waals surface area contributed by atoms with Crippen molar-refractivity contribution < 1.29 is 18.1 Å². The van der Waals surface area contributed by atoms with Gasteiger partial charge in [-0.2, -0.15) is 23.4 Å². The summed E-state index contributed by atoms with van der Waals surface area (Å²) in [6, 6.07) is 7.75. The second kappa shape index (κ2) is 7.84. The lowest BCUT2D eigenvalue weighted by Gasteiger charge is -2.09. The molecular formula is C17H10F3N7O2S. The summed E-state index contributed by atoms with van der Waals surface area (Å²) < 4.78 is 38.0. The van der Waals surface area contributed by atoms with E-state index in [0.717, 1.165) is 30.0 Å². The van der Waals surface area contributed by atoms with Gasteiger partial charge in [0.25, 0.3) is 5.69 Å². The lowest BCUT2D eigenvalue weighted by Crippen LogP contribution is -2.05. The molecule has 30 heavy (non-hydrogen) atoms. The first-order valence-corrected chi connectivity index (χ1v) is 8.75. The van der Waals surface area contributed by atoms with E-state index in [0.29, 0.717) is 6.20 Å². The van der Waals surface area contributed by atoms with Crippen molar-refractivity contribution in [2.45, 2.75) is 16.1 Å². The van der Waals surface area contributed by atoms with Crippen molar-refractivity contribution >= 4 is 29.2 Å². The van der Waals surface area contributed by atoms with E-state index in [1.54, 1.807) is 0 Å². The first kappa shape index (κ1) is 20.8. The summed E-state index contributed by atoms with van der Waals surface area (Å²) in [5.41, 5.74) is 10.1. The van der Waals surface area contributed by atoms with Gasteiger partial charge in [-0.25, -0.2) is 9.97 Å². The van der Waals surface area contributed by atoms with Gasteiger partial charge in [-0.15, -0.1) is 0 Å². The molecule has 3 aromatic rings. The highest BCUT2D eigenvalue weighted by molar-refractivity contribution is 7.99. The van der Waals surface area contributed by atoms with Gasteiger partial charge >= 0.3 is 6.18 Å². The third-order valence-electron chi connectivity index (χ3n) is 3.77. The van der Waals surface area contributed by atoms with Gasteiger partial charge in [-0.05, 0) is 18.2 Å². The molecule has 0 bridgehead atoms. The molecular weight excluding hydrogens is 423 g/mol. The van der Waals surface area contributed by atoms with Gasteiger partial charge in [0.05, 0.1) is 21.1 Å². The summed E-state index contributed by atoms with van der Waals surface area (Å²) >= 11 is 0.815. The van der Waals surface area contributed by atoms with Crippen LogP contribution in [0.25, 0.3) is 11.3 Å². The molecule has 3 rings (SSSR count). The molecule has 0 aliphatic rings. The lowest BCUT2D eigenvalue weighted by atomic mass is 10.1. The molecule has 0 saturated carbocycles. The van der Waals surface area contributed by atoms with E-state index in [1.807, 2.05) is 6.07 Å². The third-order valence-corrected chi connectivity index (χ3v) is 4.79. The van der Waals surface area contributed by atoms with Gasteiger partial charge in [-0.1, -0.05) is 17.8 Å². The highest BCUT2D eigenvalue weighted by atomic mass is 32.2. The van der Waals surface area contributed by atoms with Crippen LogP contribution in [0.3, 0.4) is 0 Å². The van der Waals surface area contributed by atoms with Crippen molar-refractivity contribution in [3.63, 3.8) is 0 Å². The Morgan fingerprint density at radius 1 is 1.17 bits per heavy atom. The molecule has 0 aliphatic heterocycles. The summed E-state index contributed by atoms with van der Waals surface area (Å²) in [6.07, 6.45) is -3.89. The van der Waals surface area contributed by atoms with Crippen LogP contribution in [0, 0.1) is 21.4 Å². The monoisotopic (exact) mass is 433 g/mol. The quantitative estimate of drug-likeness (QED) is 0.463. The number of nitrogen functional groups attached to an aromatic ring is 2. The Morgan fingerprint density at radius 3 is 2.47 bits per heavy atom. The molecule has 0 unspecified atom stereocenters. The first-order chi connectivity index (χ1) is 14.1. The summed E-state index contributed by atoms with van der Waals surface area (Å²) in [5, 5.41) is 21.0. The highest BCUT2D eigenvalue weighted by Crippen LogP contribution is 2.38. The number of nitro benzene ring substituents is 1. The van der Waals surface area contributed by atoms with Crippen LogP contribution in [0.4, 0.5) is 30.6 Å². The molecule has 152 valence electrons. The van der Waals surface area contributed by atoms with Crippen molar-refractivity contribution in [2.24, 2.45) is 0 Å². The van der Waals surface area contributed by atoms with Crippen LogP contribution < -0.4 is 11.5 Å². The number of benzene rings is 1. The third kappa shape index (κ3) is 4.23. The number of aromatic nitrogens is 3. The zero-order valence-electron chi connectivity index (χ0n) is 14.7.